The van der Waals surface area contributed by atoms with Gasteiger partial charge in [-0.2, -0.15) is 0 Å². The smallest absolute Gasteiger partial charge is 0.213 e. The van der Waals surface area contributed by atoms with Crippen LogP contribution < -0.4 is 4.74 Å². The predicted molar refractivity (Wildman–Crippen MR) is 99.1 cm³/mol. The molecule has 1 saturated carbocycles. The van der Waals surface area contributed by atoms with Crippen LogP contribution in [0.1, 0.15) is 31.5 Å². The van der Waals surface area contributed by atoms with Gasteiger partial charge in [-0.25, -0.2) is 9.97 Å². The van der Waals surface area contributed by atoms with Crippen molar-refractivity contribution in [2.75, 3.05) is 20.2 Å². The van der Waals surface area contributed by atoms with E-state index in [2.05, 4.69) is 26.5 Å². The number of nitrogens with zero attached hydrogens (tertiary/aromatic N) is 4. The third-order valence-electron chi connectivity index (χ3n) is 6.12. The third kappa shape index (κ3) is 3.35. The number of rotatable bonds is 6. The lowest BCUT2D eigenvalue weighted by Crippen LogP contribution is -2.52. The molecule has 2 fully saturated rings. The van der Waals surface area contributed by atoms with Gasteiger partial charge in [0.1, 0.15) is 11.9 Å². The average molecular weight is 356 g/mol. The van der Waals surface area contributed by atoms with Gasteiger partial charge in [-0.05, 0) is 25.3 Å². The normalized spacial score (nSPS) is 28.8. The Morgan fingerprint density at radius 3 is 2.88 bits per heavy atom. The number of ether oxygens (including phenoxy) is 2. The summed E-state index contributed by atoms with van der Waals surface area (Å²) in [6.07, 6.45) is 11.0. The molecule has 0 N–H and O–H groups in total. The molecule has 3 heterocycles. The molecule has 0 aromatic carbocycles. The van der Waals surface area contributed by atoms with Gasteiger partial charge >= 0.3 is 0 Å². The van der Waals surface area contributed by atoms with E-state index in [1.165, 1.54) is 0 Å². The SMILES string of the molecule is CO[C@@]12CC[C@@H](Oc3ccccn3)C[C@@H]1N(CCc1nccn1C)CC2. The van der Waals surface area contributed by atoms with Gasteiger partial charge in [0.05, 0.1) is 5.60 Å². The second-order valence-corrected chi connectivity index (χ2v) is 7.46. The fraction of sp³-hybridized carbons (Fsp3) is 0.600. The Morgan fingerprint density at radius 1 is 1.23 bits per heavy atom. The first-order valence-corrected chi connectivity index (χ1v) is 9.53. The van der Waals surface area contributed by atoms with Crippen LogP contribution in [0.3, 0.4) is 0 Å². The quantitative estimate of drug-likeness (QED) is 0.796. The van der Waals surface area contributed by atoms with Crippen LogP contribution in [0.2, 0.25) is 0 Å². The molecule has 0 amide bonds. The molecule has 0 spiro atoms. The number of likely N-dealkylation sites (tertiary alicyclic amines) is 1. The summed E-state index contributed by atoms with van der Waals surface area (Å²) in [4.78, 5) is 11.4. The molecule has 2 aromatic heterocycles. The van der Waals surface area contributed by atoms with Crippen LogP contribution in [0.4, 0.5) is 0 Å². The molecule has 3 atom stereocenters. The molecule has 0 unspecified atom stereocenters. The number of hydrogen-bond donors (Lipinski definition) is 0. The van der Waals surface area contributed by atoms with Gasteiger partial charge in [0, 0.05) is 70.8 Å². The van der Waals surface area contributed by atoms with Gasteiger partial charge < -0.3 is 14.0 Å². The van der Waals surface area contributed by atoms with E-state index >= 15 is 0 Å². The Bertz CT molecular complexity index is 720. The van der Waals surface area contributed by atoms with Crippen LogP contribution in [0.25, 0.3) is 0 Å². The van der Waals surface area contributed by atoms with E-state index in [1.54, 1.807) is 6.20 Å². The number of aryl methyl sites for hydroxylation is 1. The molecule has 1 aliphatic heterocycles. The summed E-state index contributed by atoms with van der Waals surface area (Å²) in [6.45, 7) is 2.09. The molecule has 6 heteroatoms. The molecule has 6 nitrogen and oxygen atoms in total. The maximum absolute atomic E-state index is 6.16. The highest BCUT2D eigenvalue weighted by atomic mass is 16.5. The molecule has 140 valence electrons. The molecule has 1 saturated heterocycles. The molecule has 2 aromatic rings. The fourth-order valence-corrected chi connectivity index (χ4v) is 4.60. The number of fused-ring (bicyclic) bond motifs is 1. The fourth-order valence-electron chi connectivity index (χ4n) is 4.60. The second kappa shape index (κ2) is 7.37. The number of aromatic nitrogens is 3. The Kier molecular flexibility index (Phi) is 4.96. The van der Waals surface area contributed by atoms with Crippen molar-refractivity contribution in [3.63, 3.8) is 0 Å². The lowest BCUT2D eigenvalue weighted by molar-refractivity contribution is -0.0830. The van der Waals surface area contributed by atoms with Gasteiger partial charge in [-0.1, -0.05) is 6.07 Å². The first kappa shape index (κ1) is 17.5. The topological polar surface area (TPSA) is 52.4 Å². The summed E-state index contributed by atoms with van der Waals surface area (Å²) in [7, 11) is 3.93. The summed E-state index contributed by atoms with van der Waals surface area (Å²) in [5.41, 5.74) is -0.0222. The summed E-state index contributed by atoms with van der Waals surface area (Å²) >= 11 is 0. The van der Waals surface area contributed by atoms with Gasteiger partial charge in [-0.15, -0.1) is 0 Å². The summed E-state index contributed by atoms with van der Waals surface area (Å²) in [5, 5.41) is 0. The summed E-state index contributed by atoms with van der Waals surface area (Å²) in [5.74, 6) is 1.86. The van der Waals surface area contributed by atoms with Crippen LogP contribution in [0.5, 0.6) is 5.88 Å². The highest BCUT2D eigenvalue weighted by molar-refractivity contribution is 5.12. The van der Waals surface area contributed by atoms with E-state index in [0.29, 0.717) is 6.04 Å². The van der Waals surface area contributed by atoms with E-state index in [1.807, 2.05) is 37.7 Å². The number of methoxy groups -OCH3 is 1. The highest BCUT2D eigenvalue weighted by Gasteiger charge is 2.51. The molecular weight excluding hydrogens is 328 g/mol. The minimum Gasteiger partial charge on any atom is -0.474 e. The van der Waals surface area contributed by atoms with Crippen molar-refractivity contribution in [3.8, 4) is 5.88 Å². The minimum atomic E-state index is -0.0222. The third-order valence-corrected chi connectivity index (χ3v) is 6.12. The average Bonchev–Trinajstić information content (AvgIpc) is 3.24. The molecule has 0 bridgehead atoms. The molecule has 26 heavy (non-hydrogen) atoms. The zero-order chi connectivity index (χ0) is 18.0. The van der Waals surface area contributed by atoms with Crippen molar-refractivity contribution in [1.29, 1.82) is 0 Å². The summed E-state index contributed by atoms with van der Waals surface area (Å²) < 4.78 is 14.3. The van der Waals surface area contributed by atoms with Crippen LogP contribution in [-0.2, 0) is 18.2 Å². The van der Waals surface area contributed by atoms with Crippen molar-refractivity contribution < 1.29 is 9.47 Å². The first-order chi connectivity index (χ1) is 12.7. The summed E-state index contributed by atoms with van der Waals surface area (Å²) in [6, 6.07) is 6.22. The van der Waals surface area contributed by atoms with E-state index in [-0.39, 0.29) is 11.7 Å². The van der Waals surface area contributed by atoms with Gasteiger partial charge in [0.25, 0.3) is 0 Å². The largest absolute Gasteiger partial charge is 0.474 e. The predicted octanol–water partition coefficient (Wildman–Crippen LogP) is 2.45. The van der Waals surface area contributed by atoms with Gasteiger partial charge in [0.2, 0.25) is 5.88 Å². The van der Waals surface area contributed by atoms with Crippen LogP contribution in [-0.4, -0.2) is 57.4 Å². The molecular formula is C20H28N4O2. The zero-order valence-electron chi connectivity index (χ0n) is 15.7. The van der Waals surface area contributed by atoms with Crippen LogP contribution in [0, 0.1) is 0 Å². The monoisotopic (exact) mass is 356 g/mol. The lowest BCUT2D eigenvalue weighted by atomic mass is 9.79. The van der Waals surface area contributed by atoms with Crippen molar-refractivity contribution in [3.05, 3.63) is 42.6 Å². The standard InChI is InChI=1S/C20H28N4O2/c1-23-14-11-21-18(23)7-12-24-13-9-20(25-2)8-6-16(15-17(20)24)26-19-5-3-4-10-22-19/h3-5,10-11,14,16-17H,6-9,12-13,15H2,1-2H3/t16-,17+,20-/m1/s1. The minimum absolute atomic E-state index is 0.0222. The van der Waals surface area contributed by atoms with E-state index < -0.39 is 0 Å². The highest BCUT2D eigenvalue weighted by Crippen LogP contribution is 2.43. The Balaban J connectivity index is 1.43. The molecule has 2 aliphatic rings. The van der Waals surface area contributed by atoms with Crippen LogP contribution in [0.15, 0.2) is 36.8 Å². The molecule has 0 radical (unpaired) electrons. The van der Waals surface area contributed by atoms with E-state index in [0.717, 1.165) is 56.9 Å². The second-order valence-electron chi connectivity index (χ2n) is 7.46. The Hall–Kier alpha value is -1.92. The lowest BCUT2D eigenvalue weighted by Gasteiger charge is -2.43. The molecule has 1 aliphatic carbocycles. The number of hydrogen-bond acceptors (Lipinski definition) is 5. The van der Waals surface area contributed by atoms with E-state index in [4.69, 9.17) is 9.47 Å². The Labute approximate surface area is 155 Å². The number of imidazole rings is 1. The maximum Gasteiger partial charge on any atom is 0.213 e. The van der Waals surface area contributed by atoms with Crippen molar-refractivity contribution >= 4 is 0 Å². The van der Waals surface area contributed by atoms with Crippen LogP contribution >= 0.6 is 0 Å². The van der Waals surface area contributed by atoms with Crippen molar-refractivity contribution in [2.24, 2.45) is 7.05 Å². The number of pyridine rings is 1. The van der Waals surface area contributed by atoms with Crippen molar-refractivity contribution in [2.45, 2.75) is 49.9 Å². The van der Waals surface area contributed by atoms with Crippen molar-refractivity contribution in [1.82, 2.24) is 19.4 Å². The van der Waals surface area contributed by atoms with E-state index in [9.17, 15) is 0 Å². The Morgan fingerprint density at radius 2 is 2.15 bits per heavy atom. The van der Waals surface area contributed by atoms with Gasteiger partial charge in [0.15, 0.2) is 0 Å². The first-order valence-electron chi connectivity index (χ1n) is 9.53. The molecule has 4 rings (SSSR count). The van der Waals surface area contributed by atoms with Gasteiger partial charge in [-0.3, -0.25) is 4.90 Å². The zero-order valence-corrected chi connectivity index (χ0v) is 15.7. The maximum atomic E-state index is 6.16.